The highest BCUT2D eigenvalue weighted by Gasteiger charge is 2.12. The van der Waals surface area contributed by atoms with Crippen LogP contribution in [0.1, 0.15) is 15.9 Å². The Morgan fingerprint density at radius 1 is 1.03 bits per heavy atom. The largest absolute Gasteiger partial charge is 0.397 e. The molecule has 0 unspecified atom stereocenters. The number of pyridine rings is 1. The van der Waals surface area contributed by atoms with Crippen molar-refractivity contribution in [2.45, 2.75) is 6.54 Å². The van der Waals surface area contributed by atoms with Crippen LogP contribution in [0.25, 0.3) is 0 Å². The third-order valence-electron chi connectivity index (χ3n) is 5.00. The fourth-order valence-electron chi connectivity index (χ4n) is 3.25. The fourth-order valence-corrected chi connectivity index (χ4v) is 3.25. The van der Waals surface area contributed by atoms with Gasteiger partial charge in [-0.3, -0.25) is 4.79 Å². The van der Waals surface area contributed by atoms with E-state index in [4.69, 9.17) is 10.5 Å². The maximum Gasteiger partial charge on any atom is 0.255 e. The molecule has 1 amide bonds. The van der Waals surface area contributed by atoms with E-state index in [-0.39, 0.29) is 5.91 Å². The summed E-state index contributed by atoms with van der Waals surface area (Å²) in [6.45, 7) is 3.88. The van der Waals surface area contributed by atoms with Crippen LogP contribution < -0.4 is 21.3 Å². The standard InChI is InChI=1S/C23H25N5O2/c24-20-3-1-2-4-21(20)27-23(29)18-7-5-17(6-8-18)15-25-19-9-10-22(26-16-19)28-11-13-30-14-12-28/h1-10,16,25H,11-15,24H2,(H,27,29). The van der Waals surface area contributed by atoms with Crippen LogP contribution in [0, 0.1) is 0 Å². The maximum absolute atomic E-state index is 12.4. The Morgan fingerprint density at radius 2 is 1.80 bits per heavy atom. The Labute approximate surface area is 175 Å². The molecule has 2 heterocycles. The van der Waals surface area contributed by atoms with Gasteiger partial charge in [0.05, 0.1) is 36.5 Å². The molecule has 4 rings (SSSR count). The van der Waals surface area contributed by atoms with Crippen LogP contribution in [-0.4, -0.2) is 37.2 Å². The van der Waals surface area contributed by atoms with Gasteiger partial charge in [-0.2, -0.15) is 0 Å². The molecule has 30 heavy (non-hydrogen) atoms. The topological polar surface area (TPSA) is 92.5 Å². The van der Waals surface area contributed by atoms with E-state index in [2.05, 4.69) is 20.5 Å². The molecular formula is C23H25N5O2. The molecule has 1 aromatic heterocycles. The van der Waals surface area contributed by atoms with E-state index in [0.29, 0.717) is 23.5 Å². The molecule has 3 aromatic rings. The number of nitrogens with two attached hydrogens (primary N) is 1. The van der Waals surface area contributed by atoms with Gasteiger partial charge >= 0.3 is 0 Å². The monoisotopic (exact) mass is 403 g/mol. The highest BCUT2D eigenvalue weighted by Crippen LogP contribution is 2.19. The number of ether oxygens (including phenoxy) is 1. The van der Waals surface area contributed by atoms with Crippen molar-refractivity contribution in [3.8, 4) is 0 Å². The number of anilines is 4. The number of rotatable bonds is 6. The lowest BCUT2D eigenvalue weighted by Gasteiger charge is -2.27. The van der Waals surface area contributed by atoms with Crippen LogP contribution in [0.2, 0.25) is 0 Å². The number of hydrogen-bond donors (Lipinski definition) is 3. The van der Waals surface area contributed by atoms with Gasteiger partial charge in [0, 0.05) is 25.2 Å². The van der Waals surface area contributed by atoms with Gasteiger partial charge in [-0.15, -0.1) is 0 Å². The Balaban J connectivity index is 1.31. The molecule has 0 atom stereocenters. The van der Waals surface area contributed by atoms with Gasteiger partial charge in [0.2, 0.25) is 0 Å². The molecule has 4 N–H and O–H groups in total. The second-order valence-electron chi connectivity index (χ2n) is 7.10. The molecule has 0 saturated carbocycles. The number of aromatic nitrogens is 1. The smallest absolute Gasteiger partial charge is 0.255 e. The van der Waals surface area contributed by atoms with E-state index in [1.54, 1.807) is 12.1 Å². The highest BCUT2D eigenvalue weighted by atomic mass is 16.5. The van der Waals surface area contributed by atoms with Crippen molar-refractivity contribution in [3.05, 3.63) is 78.0 Å². The van der Waals surface area contributed by atoms with E-state index in [1.165, 1.54) is 0 Å². The van der Waals surface area contributed by atoms with Gasteiger partial charge in [0.25, 0.3) is 5.91 Å². The number of amides is 1. The SMILES string of the molecule is Nc1ccccc1NC(=O)c1ccc(CNc2ccc(N3CCOCC3)nc2)cc1. The van der Waals surface area contributed by atoms with Crippen LogP contribution >= 0.6 is 0 Å². The Bertz CT molecular complexity index is 983. The summed E-state index contributed by atoms with van der Waals surface area (Å²) in [5.41, 5.74) is 9.64. The molecule has 1 saturated heterocycles. The molecule has 7 heteroatoms. The molecule has 0 radical (unpaired) electrons. The summed E-state index contributed by atoms with van der Waals surface area (Å²) < 4.78 is 5.38. The Kier molecular flexibility index (Phi) is 6.10. The first-order valence-electron chi connectivity index (χ1n) is 9.96. The van der Waals surface area contributed by atoms with Gasteiger partial charge < -0.3 is 26.0 Å². The van der Waals surface area contributed by atoms with Gasteiger partial charge in [-0.25, -0.2) is 4.98 Å². The van der Waals surface area contributed by atoms with Crippen LogP contribution in [0.15, 0.2) is 66.9 Å². The fraction of sp³-hybridized carbons (Fsp3) is 0.217. The van der Waals surface area contributed by atoms with Crippen molar-refractivity contribution < 1.29 is 9.53 Å². The number of nitrogens with zero attached hydrogens (tertiary/aromatic N) is 2. The molecule has 7 nitrogen and oxygen atoms in total. The second kappa shape index (κ2) is 9.28. The summed E-state index contributed by atoms with van der Waals surface area (Å²) in [5.74, 6) is 0.786. The molecule has 0 spiro atoms. The number of morpholine rings is 1. The summed E-state index contributed by atoms with van der Waals surface area (Å²) in [5, 5.41) is 6.20. The number of para-hydroxylation sites is 2. The Hall–Kier alpha value is -3.58. The summed E-state index contributed by atoms with van der Waals surface area (Å²) in [7, 11) is 0. The number of nitrogens with one attached hydrogen (secondary N) is 2. The first-order chi connectivity index (χ1) is 14.7. The van der Waals surface area contributed by atoms with E-state index < -0.39 is 0 Å². The summed E-state index contributed by atoms with van der Waals surface area (Å²) in [4.78, 5) is 19.2. The lowest BCUT2D eigenvalue weighted by molar-refractivity contribution is 0.102. The predicted octanol–water partition coefficient (Wildman–Crippen LogP) is 3.36. The number of carbonyl (C=O) groups excluding carboxylic acids is 1. The predicted molar refractivity (Wildman–Crippen MR) is 120 cm³/mol. The third kappa shape index (κ3) is 4.87. The average Bonchev–Trinajstić information content (AvgIpc) is 2.80. The molecule has 1 fully saturated rings. The minimum Gasteiger partial charge on any atom is -0.397 e. The van der Waals surface area contributed by atoms with E-state index >= 15 is 0 Å². The summed E-state index contributed by atoms with van der Waals surface area (Å²) in [6.07, 6.45) is 1.84. The summed E-state index contributed by atoms with van der Waals surface area (Å²) in [6, 6.07) is 18.8. The second-order valence-corrected chi connectivity index (χ2v) is 7.10. The van der Waals surface area contributed by atoms with Crippen molar-refractivity contribution in [2.75, 3.05) is 47.6 Å². The summed E-state index contributed by atoms with van der Waals surface area (Å²) >= 11 is 0. The first-order valence-corrected chi connectivity index (χ1v) is 9.96. The third-order valence-corrected chi connectivity index (χ3v) is 5.00. The number of hydrogen-bond acceptors (Lipinski definition) is 6. The molecule has 0 bridgehead atoms. The molecule has 0 aliphatic carbocycles. The van der Waals surface area contributed by atoms with Crippen LogP contribution in [0.4, 0.5) is 22.9 Å². The zero-order valence-electron chi connectivity index (χ0n) is 16.7. The van der Waals surface area contributed by atoms with Crippen molar-refractivity contribution in [1.29, 1.82) is 0 Å². The number of carbonyl (C=O) groups is 1. The number of benzene rings is 2. The van der Waals surface area contributed by atoms with Gasteiger partial charge in [-0.1, -0.05) is 24.3 Å². The quantitative estimate of drug-likeness (QED) is 0.547. The van der Waals surface area contributed by atoms with Crippen LogP contribution in [-0.2, 0) is 11.3 Å². The zero-order valence-corrected chi connectivity index (χ0v) is 16.7. The lowest BCUT2D eigenvalue weighted by Crippen LogP contribution is -2.36. The molecule has 1 aliphatic heterocycles. The molecule has 154 valence electrons. The molecular weight excluding hydrogens is 378 g/mol. The normalized spacial score (nSPS) is 13.7. The van der Waals surface area contributed by atoms with E-state index in [1.807, 2.05) is 54.7 Å². The van der Waals surface area contributed by atoms with Gasteiger partial charge in [0.1, 0.15) is 5.82 Å². The highest BCUT2D eigenvalue weighted by molar-refractivity contribution is 6.05. The van der Waals surface area contributed by atoms with Crippen LogP contribution in [0.3, 0.4) is 0 Å². The van der Waals surface area contributed by atoms with Crippen molar-refractivity contribution in [3.63, 3.8) is 0 Å². The van der Waals surface area contributed by atoms with Gasteiger partial charge in [0.15, 0.2) is 0 Å². The minimum absolute atomic E-state index is 0.185. The molecule has 1 aliphatic rings. The Morgan fingerprint density at radius 3 is 2.50 bits per heavy atom. The van der Waals surface area contributed by atoms with Crippen molar-refractivity contribution >= 4 is 28.8 Å². The molecule has 2 aromatic carbocycles. The zero-order chi connectivity index (χ0) is 20.8. The maximum atomic E-state index is 12.4. The van der Waals surface area contributed by atoms with E-state index in [9.17, 15) is 4.79 Å². The number of nitrogen functional groups attached to an aromatic ring is 1. The lowest BCUT2D eigenvalue weighted by atomic mass is 10.1. The minimum atomic E-state index is -0.185. The average molecular weight is 403 g/mol. The van der Waals surface area contributed by atoms with E-state index in [0.717, 1.165) is 43.4 Å². The van der Waals surface area contributed by atoms with Crippen LogP contribution in [0.5, 0.6) is 0 Å². The van der Waals surface area contributed by atoms with Crippen molar-refractivity contribution in [2.24, 2.45) is 0 Å². The van der Waals surface area contributed by atoms with Crippen molar-refractivity contribution in [1.82, 2.24) is 4.98 Å². The first kappa shape index (κ1) is 19.7. The van der Waals surface area contributed by atoms with Gasteiger partial charge in [-0.05, 0) is 42.0 Å².